The topological polar surface area (TPSA) is 67.9 Å². The molecule has 0 radical (unpaired) electrons. The van der Waals surface area contributed by atoms with Crippen LogP contribution in [-0.4, -0.2) is 37.5 Å². The van der Waals surface area contributed by atoms with E-state index in [9.17, 15) is 14.0 Å². The van der Waals surface area contributed by atoms with E-state index in [1.165, 1.54) is 12.1 Å². The first-order valence-electron chi connectivity index (χ1n) is 9.12. The zero-order chi connectivity index (χ0) is 19.8. The van der Waals surface area contributed by atoms with Gasteiger partial charge in [0.2, 0.25) is 11.8 Å². The van der Waals surface area contributed by atoms with Gasteiger partial charge in [-0.05, 0) is 47.4 Å². The summed E-state index contributed by atoms with van der Waals surface area (Å²) in [4.78, 5) is 27.0. The molecule has 0 saturated carbocycles. The average Bonchev–Trinajstić information content (AvgIpc) is 2.70. The molecule has 0 aromatic heterocycles. The lowest BCUT2D eigenvalue weighted by Gasteiger charge is -2.34. The number of methoxy groups -OCH3 is 2. The fraction of sp³-hybridized carbons (Fsp3) is 0.333. The molecule has 0 fully saturated rings. The number of nitrogens with zero attached hydrogens (tertiary/aromatic N) is 1. The Morgan fingerprint density at radius 2 is 1.86 bits per heavy atom. The van der Waals surface area contributed by atoms with Crippen LogP contribution in [-0.2, 0) is 22.6 Å². The van der Waals surface area contributed by atoms with E-state index in [2.05, 4.69) is 5.32 Å². The van der Waals surface area contributed by atoms with Gasteiger partial charge in [0.1, 0.15) is 5.82 Å². The van der Waals surface area contributed by atoms with Crippen molar-refractivity contribution in [1.29, 1.82) is 0 Å². The third kappa shape index (κ3) is 3.17. The zero-order valence-corrected chi connectivity index (χ0v) is 15.8. The van der Waals surface area contributed by atoms with Crippen molar-refractivity contribution >= 4 is 17.5 Å². The molecule has 1 unspecified atom stereocenters. The monoisotopic (exact) mass is 384 g/mol. The van der Waals surface area contributed by atoms with Crippen LogP contribution >= 0.6 is 0 Å². The van der Waals surface area contributed by atoms with Crippen LogP contribution in [0.25, 0.3) is 0 Å². The second kappa shape index (κ2) is 7.14. The van der Waals surface area contributed by atoms with Crippen LogP contribution in [0, 0.1) is 5.82 Å². The zero-order valence-electron chi connectivity index (χ0n) is 15.8. The number of nitrogens with one attached hydrogen (secondary N) is 1. The molecule has 146 valence electrons. The molecule has 0 saturated heterocycles. The molecule has 1 N–H and O–H groups in total. The quantitative estimate of drug-likeness (QED) is 0.884. The van der Waals surface area contributed by atoms with Gasteiger partial charge in [0.15, 0.2) is 11.5 Å². The van der Waals surface area contributed by atoms with Gasteiger partial charge in [0.05, 0.1) is 20.1 Å². The van der Waals surface area contributed by atoms with Crippen molar-refractivity contribution in [2.45, 2.75) is 25.3 Å². The number of amides is 2. The summed E-state index contributed by atoms with van der Waals surface area (Å²) in [6, 6.07) is 8.00. The predicted molar refractivity (Wildman–Crippen MR) is 101 cm³/mol. The van der Waals surface area contributed by atoms with E-state index in [-0.39, 0.29) is 18.2 Å². The van der Waals surface area contributed by atoms with Crippen LogP contribution in [0.2, 0.25) is 0 Å². The summed E-state index contributed by atoms with van der Waals surface area (Å²) in [6.07, 6.45) is 0.753. The summed E-state index contributed by atoms with van der Waals surface area (Å²) in [5.41, 5.74) is 3.14. The van der Waals surface area contributed by atoms with Crippen molar-refractivity contribution in [3.05, 3.63) is 52.8 Å². The Balaban J connectivity index is 1.61. The minimum Gasteiger partial charge on any atom is -0.493 e. The molecular weight excluding hydrogens is 363 g/mol. The Morgan fingerprint density at radius 1 is 1.14 bits per heavy atom. The number of ether oxygens (including phenoxy) is 2. The number of benzene rings is 2. The standard InChI is InChI=1S/C21H21FN2O4/c1-27-18-7-12-5-6-24(11-13(12)8-19(18)28-2)21(26)16-10-20(25)23-17-9-14(22)3-4-15(16)17/h3-4,7-9,16H,5-6,10-11H2,1-2H3,(H,23,25). The summed E-state index contributed by atoms with van der Waals surface area (Å²) in [5.74, 6) is -0.163. The SMILES string of the molecule is COc1cc2c(cc1OC)CN(C(=O)C1CC(=O)Nc3cc(F)ccc31)CC2. The third-order valence-electron chi connectivity index (χ3n) is 5.38. The molecule has 0 spiro atoms. The van der Waals surface area contributed by atoms with Crippen LogP contribution in [0.4, 0.5) is 10.1 Å². The van der Waals surface area contributed by atoms with E-state index in [0.717, 1.165) is 11.1 Å². The molecule has 4 rings (SSSR count). The highest BCUT2D eigenvalue weighted by Crippen LogP contribution is 2.37. The number of hydrogen-bond donors (Lipinski definition) is 1. The highest BCUT2D eigenvalue weighted by molar-refractivity contribution is 6.01. The summed E-state index contributed by atoms with van der Waals surface area (Å²) in [6.45, 7) is 0.985. The van der Waals surface area contributed by atoms with Gasteiger partial charge in [-0.15, -0.1) is 0 Å². The molecule has 2 heterocycles. The van der Waals surface area contributed by atoms with Crippen LogP contribution in [0.5, 0.6) is 11.5 Å². The highest BCUT2D eigenvalue weighted by Gasteiger charge is 2.35. The lowest BCUT2D eigenvalue weighted by molar-refractivity contribution is -0.135. The molecule has 0 aliphatic carbocycles. The van der Waals surface area contributed by atoms with Crippen LogP contribution in [0.3, 0.4) is 0 Å². The fourth-order valence-electron chi connectivity index (χ4n) is 3.95. The molecule has 2 aromatic rings. The minimum atomic E-state index is -0.606. The lowest BCUT2D eigenvalue weighted by atomic mass is 9.88. The van der Waals surface area contributed by atoms with Crippen LogP contribution < -0.4 is 14.8 Å². The van der Waals surface area contributed by atoms with Crippen molar-refractivity contribution in [3.63, 3.8) is 0 Å². The first-order chi connectivity index (χ1) is 13.5. The van der Waals surface area contributed by atoms with E-state index in [0.29, 0.717) is 42.3 Å². The van der Waals surface area contributed by atoms with Crippen LogP contribution in [0.15, 0.2) is 30.3 Å². The van der Waals surface area contributed by atoms with Crippen molar-refractivity contribution in [3.8, 4) is 11.5 Å². The largest absolute Gasteiger partial charge is 0.493 e. The second-order valence-corrected chi connectivity index (χ2v) is 7.02. The minimum absolute atomic E-state index is 0.0623. The van der Waals surface area contributed by atoms with Gasteiger partial charge in [-0.2, -0.15) is 0 Å². The molecule has 28 heavy (non-hydrogen) atoms. The Kier molecular flexibility index (Phi) is 4.66. The van der Waals surface area contributed by atoms with E-state index in [1.54, 1.807) is 25.2 Å². The van der Waals surface area contributed by atoms with Gasteiger partial charge in [-0.3, -0.25) is 9.59 Å². The van der Waals surface area contributed by atoms with Crippen molar-refractivity contribution in [2.75, 3.05) is 26.1 Å². The molecule has 2 amide bonds. The number of anilines is 1. The number of rotatable bonds is 3. The first-order valence-corrected chi connectivity index (χ1v) is 9.12. The molecule has 2 aliphatic rings. The Bertz CT molecular complexity index is 960. The number of carbonyl (C=O) groups is 2. The maximum absolute atomic E-state index is 13.5. The normalized spacial score (nSPS) is 18.0. The van der Waals surface area contributed by atoms with Gasteiger partial charge in [0, 0.05) is 25.2 Å². The molecule has 1 atom stereocenters. The summed E-state index contributed by atoms with van der Waals surface area (Å²) in [7, 11) is 3.17. The smallest absolute Gasteiger partial charge is 0.231 e. The summed E-state index contributed by atoms with van der Waals surface area (Å²) in [5, 5.41) is 2.65. The first kappa shape index (κ1) is 18.3. The van der Waals surface area contributed by atoms with Crippen LogP contribution in [0.1, 0.15) is 29.0 Å². The Hall–Kier alpha value is -3.09. The molecule has 6 nitrogen and oxygen atoms in total. The van der Waals surface area contributed by atoms with Crippen molar-refractivity contribution in [1.82, 2.24) is 4.90 Å². The molecule has 2 aliphatic heterocycles. The van der Waals surface area contributed by atoms with Gasteiger partial charge in [-0.25, -0.2) is 4.39 Å². The fourth-order valence-corrected chi connectivity index (χ4v) is 3.95. The average molecular weight is 384 g/mol. The summed E-state index contributed by atoms with van der Waals surface area (Å²) >= 11 is 0. The maximum atomic E-state index is 13.5. The number of halogens is 1. The highest BCUT2D eigenvalue weighted by atomic mass is 19.1. The van der Waals surface area contributed by atoms with Gasteiger partial charge >= 0.3 is 0 Å². The van der Waals surface area contributed by atoms with Gasteiger partial charge in [0.25, 0.3) is 0 Å². The Morgan fingerprint density at radius 3 is 2.57 bits per heavy atom. The van der Waals surface area contributed by atoms with E-state index in [1.807, 2.05) is 12.1 Å². The molecular formula is C21H21FN2O4. The number of carbonyl (C=O) groups excluding carboxylic acids is 2. The van der Waals surface area contributed by atoms with Crippen molar-refractivity contribution < 1.29 is 23.5 Å². The lowest BCUT2D eigenvalue weighted by Crippen LogP contribution is -2.41. The molecule has 7 heteroatoms. The summed E-state index contributed by atoms with van der Waals surface area (Å²) < 4.78 is 24.3. The van der Waals surface area contributed by atoms with E-state index < -0.39 is 11.7 Å². The van der Waals surface area contributed by atoms with Gasteiger partial charge < -0.3 is 19.7 Å². The predicted octanol–water partition coefficient (Wildman–Crippen LogP) is 2.85. The third-order valence-corrected chi connectivity index (χ3v) is 5.38. The number of fused-ring (bicyclic) bond motifs is 2. The van der Waals surface area contributed by atoms with Gasteiger partial charge in [-0.1, -0.05) is 6.07 Å². The maximum Gasteiger partial charge on any atom is 0.231 e. The van der Waals surface area contributed by atoms with E-state index in [4.69, 9.17) is 9.47 Å². The Labute approximate surface area is 162 Å². The molecule has 0 bridgehead atoms. The van der Waals surface area contributed by atoms with Crippen molar-refractivity contribution in [2.24, 2.45) is 0 Å². The van der Waals surface area contributed by atoms with E-state index >= 15 is 0 Å². The number of hydrogen-bond acceptors (Lipinski definition) is 4. The molecule has 2 aromatic carbocycles. The second-order valence-electron chi connectivity index (χ2n) is 7.02.